The molecule has 0 amide bonds. The van der Waals surface area contributed by atoms with Gasteiger partial charge in [-0.2, -0.15) is 0 Å². The summed E-state index contributed by atoms with van der Waals surface area (Å²) in [5.41, 5.74) is 6.91. The fourth-order valence-electron chi connectivity index (χ4n) is 2.72. The lowest BCUT2D eigenvalue weighted by molar-refractivity contribution is 0.112. The van der Waals surface area contributed by atoms with E-state index >= 15 is 0 Å². The Morgan fingerprint density at radius 1 is 1.07 bits per heavy atom. The first-order valence-corrected chi connectivity index (χ1v) is 6.09. The summed E-state index contributed by atoms with van der Waals surface area (Å²) in [5.74, 6) is 0. The number of hydrogen-bond acceptors (Lipinski definition) is 2. The molecule has 2 heteroatoms. The largest absolute Gasteiger partial charge is 0.330 e. The van der Waals surface area contributed by atoms with Crippen LogP contribution in [0.2, 0.25) is 0 Å². The summed E-state index contributed by atoms with van der Waals surface area (Å²) in [7, 11) is 0. The minimum atomic E-state index is 0.472. The molecule has 2 aliphatic carbocycles. The predicted molar refractivity (Wildman–Crippen MR) is 60.2 cm³/mol. The van der Waals surface area contributed by atoms with Crippen molar-refractivity contribution in [3.8, 4) is 0 Å². The highest BCUT2D eigenvalue weighted by Crippen LogP contribution is 2.41. The van der Waals surface area contributed by atoms with Gasteiger partial charge >= 0.3 is 0 Å². The van der Waals surface area contributed by atoms with Crippen molar-refractivity contribution >= 4 is 0 Å². The molecule has 2 saturated carbocycles. The zero-order chi connectivity index (χ0) is 10.1. The topological polar surface area (TPSA) is 38.0 Å². The molecule has 0 aliphatic heterocycles. The number of nitrogens with one attached hydrogen (secondary N) is 1. The fraction of sp³-hybridized carbons (Fsp3) is 1.00. The second-order valence-electron chi connectivity index (χ2n) is 5.83. The van der Waals surface area contributed by atoms with Crippen LogP contribution in [0.1, 0.15) is 45.4 Å². The Kier molecular flexibility index (Phi) is 2.85. The van der Waals surface area contributed by atoms with Gasteiger partial charge in [-0.25, -0.2) is 0 Å². The van der Waals surface area contributed by atoms with Gasteiger partial charge in [-0.3, -0.25) is 0 Å². The van der Waals surface area contributed by atoms with Gasteiger partial charge in [0, 0.05) is 13.1 Å². The summed E-state index contributed by atoms with van der Waals surface area (Å²) in [6, 6.07) is 0. The van der Waals surface area contributed by atoms with Crippen LogP contribution in [0.4, 0.5) is 0 Å². The van der Waals surface area contributed by atoms with E-state index in [1.807, 2.05) is 0 Å². The zero-order valence-corrected chi connectivity index (χ0v) is 9.44. The summed E-state index contributed by atoms with van der Waals surface area (Å²) in [6.07, 6.45) is 8.32. The maximum absolute atomic E-state index is 5.83. The molecule has 0 saturated heterocycles. The Bertz CT molecular complexity index is 187. The molecule has 0 atom stereocenters. The molecule has 0 radical (unpaired) electrons. The van der Waals surface area contributed by atoms with Crippen molar-refractivity contribution < 1.29 is 0 Å². The van der Waals surface area contributed by atoms with Gasteiger partial charge in [0.25, 0.3) is 0 Å². The van der Waals surface area contributed by atoms with E-state index in [0.29, 0.717) is 10.8 Å². The van der Waals surface area contributed by atoms with Crippen LogP contribution in [0, 0.1) is 10.8 Å². The van der Waals surface area contributed by atoms with E-state index in [2.05, 4.69) is 12.2 Å². The molecular formula is C12H24N2. The highest BCUT2D eigenvalue weighted by Gasteiger charge is 2.36. The minimum Gasteiger partial charge on any atom is -0.330 e. The first-order chi connectivity index (χ1) is 6.68. The molecular weight excluding hydrogens is 172 g/mol. The van der Waals surface area contributed by atoms with Gasteiger partial charge in [0.05, 0.1) is 0 Å². The van der Waals surface area contributed by atoms with Crippen LogP contribution >= 0.6 is 0 Å². The van der Waals surface area contributed by atoms with Gasteiger partial charge in [0.2, 0.25) is 0 Å². The quantitative estimate of drug-likeness (QED) is 0.705. The average Bonchev–Trinajstić information content (AvgIpc) is 2.07. The molecule has 0 aromatic carbocycles. The Labute approximate surface area is 87.6 Å². The maximum Gasteiger partial charge on any atom is 0.00201 e. The Morgan fingerprint density at radius 3 is 2.07 bits per heavy atom. The molecule has 0 aromatic heterocycles. The van der Waals surface area contributed by atoms with E-state index < -0.39 is 0 Å². The molecule has 3 N–H and O–H groups in total. The summed E-state index contributed by atoms with van der Waals surface area (Å²) < 4.78 is 0. The third-order valence-corrected chi connectivity index (χ3v) is 4.46. The highest BCUT2D eigenvalue weighted by molar-refractivity contribution is 4.92. The average molecular weight is 196 g/mol. The van der Waals surface area contributed by atoms with Crippen LogP contribution in [0.5, 0.6) is 0 Å². The van der Waals surface area contributed by atoms with Crippen molar-refractivity contribution in [2.24, 2.45) is 16.6 Å². The zero-order valence-electron chi connectivity index (χ0n) is 9.44. The predicted octanol–water partition coefficient (Wildman–Crippen LogP) is 1.90. The minimum absolute atomic E-state index is 0.472. The molecule has 0 unspecified atom stereocenters. The third kappa shape index (κ3) is 1.96. The maximum atomic E-state index is 5.83. The summed E-state index contributed by atoms with van der Waals surface area (Å²) >= 11 is 0. The molecule has 2 rings (SSSR count). The molecule has 0 bridgehead atoms. The molecule has 0 heterocycles. The molecule has 14 heavy (non-hydrogen) atoms. The molecule has 2 fully saturated rings. The fourth-order valence-corrected chi connectivity index (χ4v) is 2.72. The Morgan fingerprint density at radius 2 is 1.71 bits per heavy atom. The van der Waals surface area contributed by atoms with Crippen LogP contribution in [0.15, 0.2) is 0 Å². The van der Waals surface area contributed by atoms with Crippen molar-refractivity contribution in [2.75, 3.05) is 19.6 Å². The van der Waals surface area contributed by atoms with E-state index in [1.165, 1.54) is 45.1 Å². The molecule has 82 valence electrons. The first kappa shape index (κ1) is 10.4. The molecule has 2 nitrogen and oxygen atoms in total. The normalized spacial score (nSPS) is 27.9. The van der Waals surface area contributed by atoms with Crippen LogP contribution in [-0.4, -0.2) is 19.6 Å². The van der Waals surface area contributed by atoms with E-state index in [1.54, 1.807) is 0 Å². The molecule has 2 aliphatic rings. The van der Waals surface area contributed by atoms with Crippen LogP contribution in [-0.2, 0) is 0 Å². The highest BCUT2D eigenvalue weighted by atomic mass is 14.9. The van der Waals surface area contributed by atoms with Gasteiger partial charge in [0.15, 0.2) is 0 Å². The van der Waals surface area contributed by atoms with Crippen LogP contribution < -0.4 is 11.1 Å². The van der Waals surface area contributed by atoms with E-state index in [9.17, 15) is 0 Å². The van der Waals surface area contributed by atoms with Crippen LogP contribution in [0.25, 0.3) is 0 Å². The Hall–Kier alpha value is -0.0800. The van der Waals surface area contributed by atoms with E-state index in [4.69, 9.17) is 5.73 Å². The van der Waals surface area contributed by atoms with Gasteiger partial charge in [-0.1, -0.05) is 19.8 Å². The summed E-state index contributed by atoms with van der Waals surface area (Å²) in [4.78, 5) is 0. The smallest absolute Gasteiger partial charge is 0.00201 e. The Balaban J connectivity index is 1.66. The molecule has 0 aromatic rings. The summed E-state index contributed by atoms with van der Waals surface area (Å²) in [6.45, 7) is 5.63. The van der Waals surface area contributed by atoms with E-state index in [-0.39, 0.29) is 0 Å². The van der Waals surface area contributed by atoms with Crippen molar-refractivity contribution in [3.63, 3.8) is 0 Å². The number of hydrogen-bond donors (Lipinski definition) is 2. The van der Waals surface area contributed by atoms with Crippen molar-refractivity contribution in [3.05, 3.63) is 0 Å². The molecule has 0 spiro atoms. The van der Waals surface area contributed by atoms with Crippen LogP contribution in [0.3, 0.4) is 0 Å². The lowest BCUT2D eigenvalue weighted by Gasteiger charge is -2.44. The monoisotopic (exact) mass is 196 g/mol. The lowest BCUT2D eigenvalue weighted by atomic mass is 9.67. The SMILES string of the molecule is CC1(CNCC2(CN)CCC2)CCC1. The number of rotatable bonds is 5. The summed E-state index contributed by atoms with van der Waals surface area (Å²) in [5, 5.41) is 3.64. The van der Waals surface area contributed by atoms with E-state index in [0.717, 1.165) is 13.1 Å². The third-order valence-electron chi connectivity index (χ3n) is 4.46. The number of nitrogens with two attached hydrogens (primary N) is 1. The van der Waals surface area contributed by atoms with Crippen molar-refractivity contribution in [2.45, 2.75) is 45.4 Å². The van der Waals surface area contributed by atoms with Gasteiger partial charge in [-0.05, 0) is 43.1 Å². The van der Waals surface area contributed by atoms with Gasteiger partial charge in [-0.15, -0.1) is 0 Å². The van der Waals surface area contributed by atoms with Gasteiger partial charge in [0.1, 0.15) is 0 Å². The second kappa shape index (κ2) is 3.82. The van der Waals surface area contributed by atoms with Crippen molar-refractivity contribution in [1.29, 1.82) is 0 Å². The van der Waals surface area contributed by atoms with Gasteiger partial charge < -0.3 is 11.1 Å². The lowest BCUT2D eigenvalue weighted by Crippen LogP contribution is -2.48. The second-order valence-corrected chi connectivity index (χ2v) is 5.83. The van der Waals surface area contributed by atoms with Crippen molar-refractivity contribution in [1.82, 2.24) is 5.32 Å². The standard InChI is InChI=1S/C12H24N2/c1-11(4-2-5-11)9-14-10-12(8-13)6-3-7-12/h14H,2-10,13H2,1H3. The first-order valence-electron chi connectivity index (χ1n) is 6.09.